The Hall–Kier alpha value is -1.61. The number of hydrogen-bond donors (Lipinski definition) is 1. The van der Waals surface area contributed by atoms with Crippen LogP contribution in [0.1, 0.15) is 58.3 Å². The standard InChI is InChI=1S/C20H30O3/c1-2-18-19(23-18)16-14-12-10-8-6-4-3-5-7-9-11-13-15-17-20(21)22/h3,5-6,8-9,11-12,14,18-19H,2,4,7,10,13,15-17H2,1H3,(H,21,22)/b5-3-,8-6-,11-9-,14-12-/t18-,19-/m1/s1. The Morgan fingerprint density at radius 2 is 1.48 bits per heavy atom. The summed E-state index contributed by atoms with van der Waals surface area (Å²) in [6.07, 6.45) is 25.1. The quantitative estimate of drug-likeness (QED) is 0.288. The number of unbranched alkanes of at least 4 members (excludes halogenated alkanes) is 1. The monoisotopic (exact) mass is 318 g/mol. The SMILES string of the molecule is CC[C@H]1O[C@@H]1C/C=C\C/C=C\C/C=C\C/C=C\CCCC(=O)O. The summed E-state index contributed by atoms with van der Waals surface area (Å²) in [6, 6.07) is 0. The first-order valence-corrected chi connectivity index (χ1v) is 8.71. The summed E-state index contributed by atoms with van der Waals surface area (Å²) in [5, 5.41) is 8.50. The fourth-order valence-corrected chi connectivity index (χ4v) is 2.28. The molecule has 128 valence electrons. The second kappa shape index (κ2) is 12.9. The van der Waals surface area contributed by atoms with Gasteiger partial charge >= 0.3 is 5.97 Å². The van der Waals surface area contributed by atoms with E-state index in [4.69, 9.17) is 9.84 Å². The van der Waals surface area contributed by atoms with Gasteiger partial charge in [-0.2, -0.15) is 0 Å². The van der Waals surface area contributed by atoms with Gasteiger partial charge in [0.05, 0.1) is 12.2 Å². The van der Waals surface area contributed by atoms with Gasteiger partial charge in [0.1, 0.15) is 0 Å². The van der Waals surface area contributed by atoms with Gasteiger partial charge in [-0.15, -0.1) is 0 Å². The van der Waals surface area contributed by atoms with Crippen LogP contribution in [0.5, 0.6) is 0 Å². The topological polar surface area (TPSA) is 49.8 Å². The molecule has 0 amide bonds. The van der Waals surface area contributed by atoms with Crippen LogP contribution in [0.4, 0.5) is 0 Å². The molecule has 1 heterocycles. The molecule has 0 radical (unpaired) electrons. The second-order valence-electron chi connectivity index (χ2n) is 5.74. The number of allylic oxidation sites excluding steroid dienone is 7. The number of epoxide rings is 1. The van der Waals surface area contributed by atoms with Crippen LogP contribution < -0.4 is 0 Å². The van der Waals surface area contributed by atoms with Crippen LogP contribution in [-0.4, -0.2) is 23.3 Å². The molecule has 0 spiro atoms. The van der Waals surface area contributed by atoms with Crippen molar-refractivity contribution < 1.29 is 14.6 Å². The summed E-state index contributed by atoms with van der Waals surface area (Å²) in [4.78, 5) is 10.3. The molecule has 1 fully saturated rings. The Balaban J connectivity index is 1.90. The van der Waals surface area contributed by atoms with Crippen molar-refractivity contribution >= 4 is 5.97 Å². The van der Waals surface area contributed by atoms with E-state index in [0.29, 0.717) is 12.2 Å². The van der Waals surface area contributed by atoms with Crippen molar-refractivity contribution in [1.82, 2.24) is 0 Å². The van der Waals surface area contributed by atoms with Gasteiger partial charge < -0.3 is 9.84 Å². The highest BCUT2D eigenvalue weighted by Crippen LogP contribution is 2.28. The maximum atomic E-state index is 10.3. The predicted octanol–water partition coefficient (Wildman–Crippen LogP) is 5.20. The maximum Gasteiger partial charge on any atom is 0.303 e. The van der Waals surface area contributed by atoms with E-state index in [-0.39, 0.29) is 6.42 Å². The van der Waals surface area contributed by atoms with Crippen LogP contribution in [0.3, 0.4) is 0 Å². The van der Waals surface area contributed by atoms with Gasteiger partial charge in [0, 0.05) is 6.42 Å². The third-order valence-electron chi connectivity index (χ3n) is 3.70. The van der Waals surface area contributed by atoms with E-state index in [9.17, 15) is 4.79 Å². The van der Waals surface area contributed by atoms with E-state index in [0.717, 1.165) is 44.9 Å². The molecule has 0 saturated carbocycles. The van der Waals surface area contributed by atoms with Gasteiger partial charge in [0.2, 0.25) is 0 Å². The normalized spacial score (nSPS) is 21.3. The van der Waals surface area contributed by atoms with E-state index in [1.165, 1.54) is 0 Å². The molecular formula is C20H30O3. The number of aliphatic carboxylic acids is 1. The lowest BCUT2D eigenvalue weighted by Crippen LogP contribution is -1.92. The summed E-state index contributed by atoms with van der Waals surface area (Å²) < 4.78 is 5.48. The Morgan fingerprint density at radius 1 is 0.913 bits per heavy atom. The zero-order valence-electron chi connectivity index (χ0n) is 14.2. The molecule has 1 rings (SSSR count). The first-order valence-electron chi connectivity index (χ1n) is 8.71. The Morgan fingerprint density at radius 3 is 2.00 bits per heavy atom. The van der Waals surface area contributed by atoms with Crippen molar-refractivity contribution in [3.8, 4) is 0 Å². The molecule has 0 aromatic carbocycles. The molecular weight excluding hydrogens is 288 g/mol. The average molecular weight is 318 g/mol. The highest BCUT2D eigenvalue weighted by molar-refractivity contribution is 5.66. The fourth-order valence-electron chi connectivity index (χ4n) is 2.28. The molecule has 23 heavy (non-hydrogen) atoms. The number of ether oxygens (including phenoxy) is 1. The molecule has 0 aromatic rings. The van der Waals surface area contributed by atoms with Gasteiger partial charge in [-0.25, -0.2) is 0 Å². The number of rotatable bonds is 13. The molecule has 0 aromatic heterocycles. The minimum absolute atomic E-state index is 0.256. The van der Waals surface area contributed by atoms with Crippen molar-refractivity contribution in [2.24, 2.45) is 0 Å². The van der Waals surface area contributed by atoms with Crippen LogP contribution >= 0.6 is 0 Å². The summed E-state index contributed by atoms with van der Waals surface area (Å²) in [5.74, 6) is -0.717. The van der Waals surface area contributed by atoms with Crippen molar-refractivity contribution in [3.05, 3.63) is 48.6 Å². The zero-order valence-corrected chi connectivity index (χ0v) is 14.2. The van der Waals surface area contributed by atoms with E-state index in [1.807, 2.05) is 0 Å². The van der Waals surface area contributed by atoms with Gasteiger partial charge in [0.25, 0.3) is 0 Å². The van der Waals surface area contributed by atoms with Crippen LogP contribution in [-0.2, 0) is 9.53 Å². The highest BCUT2D eigenvalue weighted by Gasteiger charge is 2.35. The molecule has 1 saturated heterocycles. The second-order valence-corrected chi connectivity index (χ2v) is 5.74. The van der Waals surface area contributed by atoms with Gasteiger partial charge in [-0.05, 0) is 44.9 Å². The van der Waals surface area contributed by atoms with E-state index in [1.54, 1.807) is 0 Å². The molecule has 3 heteroatoms. The zero-order chi connectivity index (χ0) is 16.8. The first-order chi connectivity index (χ1) is 11.2. The van der Waals surface area contributed by atoms with E-state index in [2.05, 4.69) is 55.5 Å². The van der Waals surface area contributed by atoms with Crippen molar-refractivity contribution in [3.63, 3.8) is 0 Å². The molecule has 2 atom stereocenters. The number of carboxylic acid groups (broad SMARTS) is 1. The van der Waals surface area contributed by atoms with Crippen molar-refractivity contribution in [2.45, 2.75) is 70.5 Å². The van der Waals surface area contributed by atoms with E-state index < -0.39 is 5.97 Å². The minimum Gasteiger partial charge on any atom is -0.481 e. The van der Waals surface area contributed by atoms with Crippen molar-refractivity contribution in [1.29, 1.82) is 0 Å². The lowest BCUT2D eigenvalue weighted by molar-refractivity contribution is -0.137. The Kier molecular flexibility index (Phi) is 10.9. The lowest BCUT2D eigenvalue weighted by atomic mass is 10.2. The molecule has 3 nitrogen and oxygen atoms in total. The predicted molar refractivity (Wildman–Crippen MR) is 95.5 cm³/mol. The van der Waals surface area contributed by atoms with Crippen LogP contribution in [0, 0.1) is 0 Å². The number of carbonyl (C=O) groups is 1. The highest BCUT2D eigenvalue weighted by atomic mass is 16.6. The van der Waals surface area contributed by atoms with Crippen LogP contribution in [0.25, 0.3) is 0 Å². The third-order valence-corrected chi connectivity index (χ3v) is 3.70. The molecule has 0 aliphatic carbocycles. The first kappa shape index (κ1) is 19.4. The smallest absolute Gasteiger partial charge is 0.303 e. The van der Waals surface area contributed by atoms with Crippen LogP contribution in [0.15, 0.2) is 48.6 Å². The van der Waals surface area contributed by atoms with E-state index >= 15 is 0 Å². The fraction of sp³-hybridized carbons (Fsp3) is 0.550. The summed E-state index contributed by atoms with van der Waals surface area (Å²) in [6.45, 7) is 2.17. The lowest BCUT2D eigenvalue weighted by Gasteiger charge is -1.90. The maximum absolute atomic E-state index is 10.3. The van der Waals surface area contributed by atoms with Crippen LogP contribution in [0.2, 0.25) is 0 Å². The summed E-state index contributed by atoms with van der Waals surface area (Å²) in [7, 11) is 0. The average Bonchev–Trinajstić information content (AvgIpc) is 3.29. The molecule has 1 aliphatic rings. The largest absolute Gasteiger partial charge is 0.481 e. The molecule has 0 bridgehead atoms. The Labute approximate surface area is 140 Å². The van der Waals surface area contributed by atoms with Gasteiger partial charge in [-0.1, -0.05) is 55.5 Å². The number of hydrogen-bond acceptors (Lipinski definition) is 2. The summed E-state index contributed by atoms with van der Waals surface area (Å²) in [5.41, 5.74) is 0. The molecule has 1 aliphatic heterocycles. The summed E-state index contributed by atoms with van der Waals surface area (Å²) >= 11 is 0. The molecule has 1 N–H and O–H groups in total. The van der Waals surface area contributed by atoms with Gasteiger partial charge in [0.15, 0.2) is 0 Å². The molecule has 0 unspecified atom stereocenters. The minimum atomic E-state index is -0.717. The third kappa shape index (κ3) is 11.6. The van der Waals surface area contributed by atoms with Crippen molar-refractivity contribution in [2.75, 3.05) is 0 Å². The Bertz CT molecular complexity index is 432. The number of carboxylic acids is 1. The van der Waals surface area contributed by atoms with Gasteiger partial charge in [-0.3, -0.25) is 4.79 Å².